The van der Waals surface area contributed by atoms with E-state index in [2.05, 4.69) is 43.4 Å². The SMILES string of the molecule is CC[NH+](CC)Cc1cc(/C(C)=N/Nc2ccc(C)cc2)ccc1O. The Morgan fingerprint density at radius 2 is 1.75 bits per heavy atom. The van der Waals surface area contributed by atoms with E-state index in [0.717, 1.165) is 42.2 Å². The van der Waals surface area contributed by atoms with E-state index >= 15 is 0 Å². The molecule has 0 unspecified atom stereocenters. The maximum atomic E-state index is 10.1. The van der Waals surface area contributed by atoms with Gasteiger partial charge >= 0.3 is 0 Å². The molecule has 0 aliphatic carbocycles. The van der Waals surface area contributed by atoms with Crippen LogP contribution < -0.4 is 10.3 Å². The lowest BCUT2D eigenvalue weighted by atomic mass is 10.1. The second kappa shape index (κ2) is 8.50. The number of hydrazone groups is 1. The van der Waals surface area contributed by atoms with Crippen LogP contribution in [0.1, 0.15) is 37.5 Å². The van der Waals surface area contributed by atoms with Gasteiger partial charge in [0.15, 0.2) is 0 Å². The fourth-order valence-electron chi connectivity index (χ4n) is 2.56. The topological polar surface area (TPSA) is 49.1 Å². The van der Waals surface area contributed by atoms with Crippen molar-refractivity contribution < 1.29 is 10.0 Å². The Morgan fingerprint density at radius 1 is 1.08 bits per heavy atom. The lowest BCUT2D eigenvalue weighted by molar-refractivity contribution is -0.910. The first kappa shape index (κ1) is 18.0. The standard InChI is InChI=1S/C20H27N3O/c1-5-23(6-2)14-18-13-17(9-12-20(18)24)16(4)21-22-19-10-7-15(3)8-11-19/h7-13,22,24H,5-6,14H2,1-4H3/p+1/b21-16+. The average molecular weight is 326 g/mol. The number of quaternary nitrogens is 1. The number of benzene rings is 2. The van der Waals surface area contributed by atoms with Gasteiger partial charge in [-0.15, -0.1) is 0 Å². The van der Waals surface area contributed by atoms with Crippen molar-refractivity contribution in [2.24, 2.45) is 5.10 Å². The third-order valence-corrected chi connectivity index (χ3v) is 4.34. The smallest absolute Gasteiger partial charge is 0.124 e. The fourth-order valence-corrected chi connectivity index (χ4v) is 2.56. The van der Waals surface area contributed by atoms with Gasteiger partial charge in [-0.05, 0) is 63.6 Å². The summed E-state index contributed by atoms with van der Waals surface area (Å²) in [4.78, 5) is 1.44. The summed E-state index contributed by atoms with van der Waals surface area (Å²) in [5.74, 6) is 0.359. The van der Waals surface area contributed by atoms with E-state index in [9.17, 15) is 5.11 Å². The van der Waals surface area contributed by atoms with Crippen molar-refractivity contribution in [3.63, 3.8) is 0 Å². The first-order valence-corrected chi connectivity index (χ1v) is 8.56. The number of anilines is 1. The molecule has 0 aliphatic rings. The summed E-state index contributed by atoms with van der Waals surface area (Å²) in [5, 5.41) is 14.6. The zero-order valence-electron chi connectivity index (χ0n) is 15.1. The molecule has 2 rings (SSSR count). The minimum Gasteiger partial charge on any atom is -0.507 e. The maximum absolute atomic E-state index is 10.1. The number of hydrogen-bond donors (Lipinski definition) is 3. The predicted octanol–water partition coefficient (Wildman–Crippen LogP) is 2.96. The summed E-state index contributed by atoms with van der Waals surface area (Å²) < 4.78 is 0. The Kier molecular flexibility index (Phi) is 6.38. The van der Waals surface area contributed by atoms with E-state index in [0.29, 0.717) is 5.75 Å². The highest BCUT2D eigenvalue weighted by Crippen LogP contribution is 2.18. The van der Waals surface area contributed by atoms with Crippen LogP contribution in [-0.2, 0) is 6.54 Å². The van der Waals surface area contributed by atoms with Crippen LogP contribution >= 0.6 is 0 Å². The molecule has 0 aliphatic heterocycles. The molecule has 0 amide bonds. The van der Waals surface area contributed by atoms with Crippen LogP contribution in [0.15, 0.2) is 47.6 Å². The minimum absolute atomic E-state index is 0.359. The highest BCUT2D eigenvalue weighted by atomic mass is 16.3. The largest absolute Gasteiger partial charge is 0.507 e. The number of phenolic OH excluding ortho intramolecular Hbond substituents is 1. The molecule has 0 aromatic heterocycles. The van der Waals surface area contributed by atoms with Crippen molar-refractivity contribution in [2.45, 2.75) is 34.2 Å². The second-order valence-corrected chi connectivity index (χ2v) is 6.15. The maximum Gasteiger partial charge on any atom is 0.124 e. The fraction of sp³-hybridized carbons (Fsp3) is 0.350. The van der Waals surface area contributed by atoms with Gasteiger partial charge in [0, 0.05) is 5.56 Å². The lowest BCUT2D eigenvalue weighted by Crippen LogP contribution is -3.10. The molecule has 2 aromatic rings. The van der Waals surface area contributed by atoms with Crippen LogP contribution in [0, 0.1) is 6.92 Å². The van der Waals surface area contributed by atoms with Gasteiger partial charge in [0.1, 0.15) is 12.3 Å². The van der Waals surface area contributed by atoms with Gasteiger partial charge in [0.25, 0.3) is 0 Å². The molecular formula is C20H28N3O+. The minimum atomic E-state index is 0.359. The van der Waals surface area contributed by atoms with Crippen molar-refractivity contribution in [2.75, 3.05) is 18.5 Å². The summed E-state index contributed by atoms with van der Waals surface area (Å²) in [5.41, 5.74) is 8.16. The average Bonchev–Trinajstić information content (AvgIpc) is 2.60. The van der Waals surface area contributed by atoms with Crippen molar-refractivity contribution in [3.05, 3.63) is 59.2 Å². The molecule has 4 heteroatoms. The van der Waals surface area contributed by atoms with Crippen LogP contribution in [0.5, 0.6) is 5.75 Å². The molecule has 24 heavy (non-hydrogen) atoms. The van der Waals surface area contributed by atoms with Crippen LogP contribution in [-0.4, -0.2) is 23.9 Å². The molecule has 128 valence electrons. The van der Waals surface area contributed by atoms with E-state index in [1.165, 1.54) is 10.5 Å². The summed E-state index contributed by atoms with van der Waals surface area (Å²) in [6, 6.07) is 13.8. The molecule has 0 atom stereocenters. The van der Waals surface area contributed by atoms with Crippen LogP contribution in [0.25, 0.3) is 0 Å². The van der Waals surface area contributed by atoms with Gasteiger partial charge in [-0.2, -0.15) is 5.10 Å². The molecule has 0 spiro atoms. The van der Waals surface area contributed by atoms with Crippen molar-refractivity contribution in [1.82, 2.24) is 0 Å². The van der Waals surface area contributed by atoms with Gasteiger partial charge in [0.2, 0.25) is 0 Å². The molecule has 0 saturated heterocycles. The second-order valence-electron chi connectivity index (χ2n) is 6.15. The highest BCUT2D eigenvalue weighted by Gasteiger charge is 2.11. The Labute approximate surface area is 144 Å². The third-order valence-electron chi connectivity index (χ3n) is 4.34. The van der Waals surface area contributed by atoms with Crippen molar-refractivity contribution in [1.29, 1.82) is 0 Å². The molecule has 0 fully saturated rings. The Bertz CT molecular complexity index is 689. The number of phenols is 1. The Balaban J connectivity index is 2.15. The van der Waals surface area contributed by atoms with Crippen LogP contribution in [0.2, 0.25) is 0 Å². The normalized spacial score (nSPS) is 11.8. The number of aromatic hydroxyl groups is 1. The number of hydrogen-bond acceptors (Lipinski definition) is 3. The first-order chi connectivity index (χ1) is 11.5. The van der Waals surface area contributed by atoms with Crippen LogP contribution in [0.4, 0.5) is 5.69 Å². The van der Waals surface area contributed by atoms with E-state index in [1.54, 1.807) is 6.07 Å². The van der Waals surface area contributed by atoms with E-state index < -0.39 is 0 Å². The molecule has 2 aromatic carbocycles. The van der Waals surface area contributed by atoms with Crippen molar-refractivity contribution in [3.8, 4) is 5.75 Å². The van der Waals surface area contributed by atoms with Crippen LogP contribution in [0.3, 0.4) is 0 Å². The van der Waals surface area contributed by atoms with Gasteiger partial charge < -0.3 is 10.0 Å². The van der Waals surface area contributed by atoms with E-state index in [-0.39, 0.29) is 0 Å². The van der Waals surface area contributed by atoms with Gasteiger partial charge in [-0.3, -0.25) is 5.43 Å². The molecule has 0 heterocycles. The lowest BCUT2D eigenvalue weighted by Gasteiger charge is -2.16. The van der Waals surface area contributed by atoms with Gasteiger partial charge in [0.05, 0.1) is 24.5 Å². The van der Waals surface area contributed by atoms with Crippen molar-refractivity contribution >= 4 is 11.4 Å². The summed E-state index contributed by atoms with van der Waals surface area (Å²) in [7, 11) is 0. The summed E-state index contributed by atoms with van der Waals surface area (Å²) in [6.45, 7) is 11.3. The molecule has 4 nitrogen and oxygen atoms in total. The van der Waals surface area contributed by atoms with E-state index in [1.807, 2.05) is 31.2 Å². The Morgan fingerprint density at radius 3 is 2.38 bits per heavy atom. The zero-order valence-corrected chi connectivity index (χ0v) is 15.1. The zero-order chi connectivity index (χ0) is 17.5. The molecule has 0 bridgehead atoms. The van der Waals surface area contributed by atoms with Gasteiger partial charge in [-0.1, -0.05) is 17.7 Å². The number of aryl methyl sites for hydroxylation is 1. The number of nitrogens with zero attached hydrogens (tertiary/aromatic N) is 1. The molecular weight excluding hydrogens is 298 g/mol. The quantitative estimate of drug-likeness (QED) is 0.541. The molecule has 0 saturated carbocycles. The molecule has 0 radical (unpaired) electrons. The van der Waals surface area contributed by atoms with Gasteiger partial charge in [-0.25, -0.2) is 0 Å². The first-order valence-electron chi connectivity index (χ1n) is 8.56. The number of rotatable bonds is 7. The predicted molar refractivity (Wildman–Crippen MR) is 101 cm³/mol. The summed E-state index contributed by atoms with van der Waals surface area (Å²) >= 11 is 0. The Hall–Kier alpha value is -2.33. The number of nitrogens with one attached hydrogen (secondary N) is 2. The third kappa shape index (κ3) is 4.83. The summed E-state index contributed by atoms with van der Waals surface area (Å²) in [6.07, 6.45) is 0. The molecule has 3 N–H and O–H groups in total. The highest BCUT2D eigenvalue weighted by molar-refractivity contribution is 5.99. The monoisotopic (exact) mass is 326 g/mol. The van der Waals surface area contributed by atoms with E-state index in [4.69, 9.17) is 0 Å².